The maximum absolute atomic E-state index is 6.13. The number of anilines is 2. The SMILES string of the molecule is Clc1cc(Cl)cc(N2CCN(c3noc(-c4ccc5[nH]ccc5c4)n3)CC2)c1. The van der Waals surface area contributed by atoms with E-state index in [1.54, 1.807) is 6.07 Å². The summed E-state index contributed by atoms with van der Waals surface area (Å²) < 4.78 is 5.51. The molecule has 1 saturated heterocycles. The molecule has 4 aromatic rings. The minimum absolute atomic E-state index is 0.530. The number of H-pyrrole nitrogens is 1. The summed E-state index contributed by atoms with van der Waals surface area (Å²) in [5.74, 6) is 1.15. The lowest BCUT2D eigenvalue weighted by molar-refractivity contribution is 0.428. The van der Waals surface area contributed by atoms with E-state index in [-0.39, 0.29) is 0 Å². The lowest BCUT2D eigenvalue weighted by atomic mass is 10.1. The van der Waals surface area contributed by atoms with Gasteiger partial charge in [0, 0.05) is 64.6 Å². The molecule has 3 heterocycles. The van der Waals surface area contributed by atoms with Crippen LogP contribution in [0.3, 0.4) is 0 Å². The molecule has 0 spiro atoms. The van der Waals surface area contributed by atoms with Crippen molar-refractivity contribution in [1.82, 2.24) is 15.1 Å². The van der Waals surface area contributed by atoms with Crippen LogP contribution in [-0.2, 0) is 0 Å². The van der Waals surface area contributed by atoms with Gasteiger partial charge in [0.1, 0.15) is 0 Å². The van der Waals surface area contributed by atoms with E-state index in [4.69, 9.17) is 27.7 Å². The number of aromatic amines is 1. The highest BCUT2D eigenvalue weighted by molar-refractivity contribution is 6.35. The number of benzene rings is 2. The smallest absolute Gasteiger partial charge is 0.266 e. The summed E-state index contributed by atoms with van der Waals surface area (Å²) in [6.45, 7) is 3.24. The third-order valence-corrected chi connectivity index (χ3v) is 5.43. The fourth-order valence-electron chi connectivity index (χ4n) is 3.53. The second kappa shape index (κ2) is 7.04. The van der Waals surface area contributed by atoms with Gasteiger partial charge >= 0.3 is 0 Å². The van der Waals surface area contributed by atoms with E-state index in [1.165, 1.54) is 0 Å². The second-order valence-electron chi connectivity index (χ2n) is 6.78. The molecule has 1 fully saturated rings. The van der Waals surface area contributed by atoms with Gasteiger partial charge in [-0.05, 0) is 47.6 Å². The number of hydrogen-bond donors (Lipinski definition) is 1. The van der Waals surface area contributed by atoms with Crippen LogP contribution < -0.4 is 9.80 Å². The van der Waals surface area contributed by atoms with Crippen LogP contribution in [0, 0.1) is 0 Å². The second-order valence-corrected chi connectivity index (χ2v) is 7.65. The van der Waals surface area contributed by atoms with Crippen molar-refractivity contribution in [3.8, 4) is 11.5 Å². The average molecular weight is 414 g/mol. The third-order valence-electron chi connectivity index (χ3n) is 4.99. The van der Waals surface area contributed by atoms with Gasteiger partial charge in [0.05, 0.1) is 0 Å². The van der Waals surface area contributed by atoms with Gasteiger partial charge in [0.2, 0.25) is 0 Å². The van der Waals surface area contributed by atoms with Crippen molar-refractivity contribution in [1.29, 1.82) is 0 Å². The van der Waals surface area contributed by atoms with E-state index in [2.05, 4.69) is 24.9 Å². The molecule has 1 N–H and O–H groups in total. The third kappa shape index (κ3) is 3.30. The molecule has 8 heteroatoms. The zero-order valence-corrected chi connectivity index (χ0v) is 16.4. The summed E-state index contributed by atoms with van der Waals surface area (Å²) in [6.07, 6.45) is 1.92. The number of aromatic nitrogens is 3. The van der Waals surface area contributed by atoms with Crippen LogP contribution in [0.25, 0.3) is 22.4 Å². The first-order valence-electron chi connectivity index (χ1n) is 9.03. The van der Waals surface area contributed by atoms with Crippen LogP contribution in [0.2, 0.25) is 10.0 Å². The molecule has 2 aromatic carbocycles. The molecule has 0 radical (unpaired) electrons. The molecule has 0 atom stereocenters. The highest BCUT2D eigenvalue weighted by Crippen LogP contribution is 2.28. The molecule has 1 aliphatic heterocycles. The first-order chi connectivity index (χ1) is 13.7. The van der Waals surface area contributed by atoms with Crippen LogP contribution in [0.1, 0.15) is 0 Å². The molecule has 0 amide bonds. The number of halogens is 2. The highest BCUT2D eigenvalue weighted by Gasteiger charge is 2.22. The van der Waals surface area contributed by atoms with Gasteiger partial charge in [-0.1, -0.05) is 23.2 Å². The van der Waals surface area contributed by atoms with Gasteiger partial charge in [-0.3, -0.25) is 0 Å². The first kappa shape index (κ1) is 17.4. The number of piperazine rings is 1. The fourth-order valence-corrected chi connectivity index (χ4v) is 4.05. The Morgan fingerprint density at radius 1 is 0.893 bits per heavy atom. The molecular weight excluding hydrogens is 397 g/mol. The van der Waals surface area contributed by atoms with Crippen LogP contribution in [0.5, 0.6) is 0 Å². The van der Waals surface area contributed by atoms with Crippen molar-refractivity contribution in [2.24, 2.45) is 0 Å². The molecule has 1 aliphatic rings. The number of hydrogen-bond acceptors (Lipinski definition) is 5. The molecular formula is C20H17Cl2N5O. The lowest BCUT2D eigenvalue weighted by Gasteiger charge is -2.35. The Morgan fingerprint density at radius 3 is 2.43 bits per heavy atom. The van der Waals surface area contributed by atoms with Crippen LogP contribution in [0.15, 0.2) is 53.2 Å². The summed E-state index contributed by atoms with van der Waals surface area (Å²) >= 11 is 12.3. The zero-order chi connectivity index (χ0) is 19.1. The maximum Gasteiger partial charge on any atom is 0.266 e. The number of fused-ring (bicyclic) bond motifs is 1. The number of nitrogens with zero attached hydrogens (tertiary/aromatic N) is 4. The van der Waals surface area contributed by atoms with Crippen LogP contribution in [0.4, 0.5) is 11.6 Å². The van der Waals surface area contributed by atoms with Crippen molar-refractivity contribution in [3.63, 3.8) is 0 Å². The van der Waals surface area contributed by atoms with E-state index in [9.17, 15) is 0 Å². The monoisotopic (exact) mass is 413 g/mol. The molecule has 28 heavy (non-hydrogen) atoms. The highest BCUT2D eigenvalue weighted by atomic mass is 35.5. The summed E-state index contributed by atoms with van der Waals surface area (Å²) in [7, 11) is 0. The minimum Gasteiger partial charge on any atom is -0.368 e. The summed E-state index contributed by atoms with van der Waals surface area (Å²) in [4.78, 5) is 12.2. The standard InChI is InChI=1S/C20H17Cl2N5O/c21-15-10-16(22)12-17(11-15)26-5-7-27(8-6-26)20-24-19(28-25-20)14-1-2-18-13(9-14)3-4-23-18/h1-4,9-12,23H,5-8H2. The van der Waals surface area contributed by atoms with Crippen LogP contribution >= 0.6 is 23.2 Å². The Morgan fingerprint density at radius 2 is 1.64 bits per heavy atom. The predicted octanol–water partition coefficient (Wildman–Crippen LogP) is 4.85. The molecule has 2 aromatic heterocycles. The van der Waals surface area contributed by atoms with Crippen molar-refractivity contribution in [2.45, 2.75) is 0 Å². The van der Waals surface area contributed by atoms with E-state index in [0.29, 0.717) is 21.9 Å². The van der Waals surface area contributed by atoms with E-state index in [0.717, 1.165) is 48.3 Å². The maximum atomic E-state index is 6.13. The van der Waals surface area contributed by atoms with E-state index in [1.807, 2.05) is 42.6 Å². The predicted molar refractivity (Wildman–Crippen MR) is 112 cm³/mol. The van der Waals surface area contributed by atoms with E-state index < -0.39 is 0 Å². The van der Waals surface area contributed by atoms with Crippen molar-refractivity contribution >= 4 is 45.7 Å². The molecule has 5 rings (SSSR count). The quantitative estimate of drug-likeness (QED) is 0.519. The van der Waals surface area contributed by atoms with Crippen molar-refractivity contribution in [2.75, 3.05) is 36.0 Å². The van der Waals surface area contributed by atoms with Crippen LogP contribution in [-0.4, -0.2) is 41.3 Å². The van der Waals surface area contributed by atoms with Crippen molar-refractivity contribution in [3.05, 3.63) is 58.7 Å². The van der Waals surface area contributed by atoms with Gasteiger partial charge < -0.3 is 19.3 Å². The van der Waals surface area contributed by atoms with Gasteiger partial charge in [-0.15, -0.1) is 0 Å². The molecule has 0 bridgehead atoms. The normalized spacial score (nSPS) is 14.8. The minimum atomic E-state index is 0.530. The first-order valence-corrected chi connectivity index (χ1v) is 9.78. The molecule has 6 nitrogen and oxygen atoms in total. The molecule has 0 saturated carbocycles. The Kier molecular flexibility index (Phi) is 4.37. The zero-order valence-electron chi connectivity index (χ0n) is 14.9. The Balaban J connectivity index is 1.30. The van der Waals surface area contributed by atoms with Gasteiger partial charge in [-0.2, -0.15) is 4.98 Å². The average Bonchev–Trinajstić information content (AvgIpc) is 3.36. The van der Waals surface area contributed by atoms with Gasteiger partial charge in [0.15, 0.2) is 0 Å². The topological polar surface area (TPSA) is 61.2 Å². The molecule has 142 valence electrons. The van der Waals surface area contributed by atoms with Gasteiger partial charge in [0.25, 0.3) is 11.8 Å². The number of nitrogens with one attached hydrogen (secondary N) is 1. The summed E-state index contributed by atoms with van der Waals surface area (Å²) in [5, 5.41) is 6.59. The number of rotatable bonds is 3. The fraction of sp³-hybridized carbons (Fsp3) is 0.200. The lowest BCUT2D eigenvalue weighted by Crippen LogP contribution is -2.47. The van der Waals surface area contributed by atoms with Gasteiger partial charge in [-0.25, -0.2) is 0 Å². The summed E-state index contributed by atoms with van der Waals surface area (Å²) in [6, 6.07) is 13.7. The Labute approximate surface area is 171 Å². The largest absolute Gasteiger partial charge is 0.368 e. The Bertz CT molecular complexity index is 1110. The summed E-state index contributed by atoms with van der Waals surface area (Å²) in [5.41, 5.74) is 3.03. The Hall–Kier alpha value is -2.70. The van der Waals surface area contributed by atoms with Crippen molar-refractivity contribution < 1.29 is 4.52 Å². The molecule has 0 unspecified atom stereocenters. The van der Waals surface area contributed by atoms with E-state index >= 15 is 0 Å². The molecule has 0 aliphatic carbocycles.